The van der Waals surface area contributed by atoms with Gasteiger partial charge in [-0.15, -0.1) is 12.4 Å². The lowest BCUT2D eigenvalue weighted by molar-refractivity contribution is 0.469. The lowest BCUT2D eigenvalue weighted by atomic mass is 10.1. The van der Waals surface area contributed by atoms with Gasteiger partial charge >= 0.3 is 0 Å². The zero-order valence-corrected chi connectivity index (χ0v) is 15.3. The van der Waals surface area contributed by atoms with Crippen molar-refractivity contribution < 1.29 is 9.46 Å². The second-order valence-corrected chi connectivity index (χ2v) is 8.42. The standard InChI is InChI=1S/C16H35O2P.ClH/c1-3-5-7-9-11-13-15-19(17,18)16-14-12-10-8-6-4-2;/h3-16H2,1-2H3,(H,17,18);1H. The molecule has 0 bridgehead atoms. The van der Waals surface area contributed by atoms with Crippen LogP contribution in [0, 0.1) is 0 Å². The summed E-state index contributed by atoms with van der Waals surface area (Å²) in [4.78, 5) is 9.88. The first kappa shape index (κ1) is 22.8. The van der Waals surface area contributed by atoms with Crippen LogP contribution in [0.5, 0.6) is 0 Å². The van der Waals surface area contributed by atoms with E-state index in [4.69, 9.17) is 0 Å². The predicted molar refractivity (Wildman–Crippen MR) is 93.6 cm³/mol. The summed E-state index contributed by atoms with van der Waals surface area (Å²) in [5.74, 6) is 0. The Bertz CT molecular complexity index is 215. The molecule has 0 rings (SSSR count). The lowest BCUT2D eigenvalue weighted by Crippen LogP contribution is -1.96. The Morgan fingerprint density at radius 3 is 1.30 bits per heavy atom. The van der Waals surface area contributed by atoms with Gasteiger partial charge in [-0.25, -0.2) is 0 Å². The molecular formula is C16H36ClO2P. The molecule has 0 spiro atoms. The fourth-order valence-electron chi connectivity index (χ4n) is 2.39. The second-order valence-electron chi connectivity index (χ2n) is 5.83. The topological polar surface area (TPSA) is 37.3 Å². The SMILES string of the molecule is CCCCCCCCP(=O)(O)CCCCCCCC.Cl. The smallest absolute Gasteiger partial charge is 0.200 e. The quantitative estimate of drug-likeness (QED) is 0.296. The molecule has 0 aliphatic heterocycles. The Balaban J connectivity index is 0. The Kier molecular flexibility index (Phi) is 18.0. The van der Waals surface area contributed by atoms with Crippen LogP contribution in [0.25, 0.3) is 0 Å². The van der Waals surface area contributed by atoms with E-state index in [1.807, 2.05) is 0 Å². The molecule has 1 N–H and O–H groups in total. The van der Waals surface area contributed by atoms with Gasteiger partial charge in [0.2, 0.25) is 7.37 Å². The van der Waals surface area contributed by atoms with Crippen molar-refractivity contribution in [3.63, 3.8) is 0 Å². The van der Waals surface area contributed by atoms with Gasteiger partial charge < -0.3 is 4.89 Å². The van der Waals surface area contributed by atoms with E-state index in [0.717, 1.165) is 25.7 Å². The summed E-state index contributed by atoms with van der Waals surface area (Å²) in [5, 5.41) is 0. The highest BCUT2D eigenvalue weighted by Gasteiger charge is 2.16. The summed E-state index contributed by atoms with van der Waals surface area (Å²) in [5.41, 5.74) is 0. The van der Waals surface area contributed by atoms with Crippen LogP contribution in [0.2, 0.25) is 0 Å². The largest absolute Gasteiger partial charge is 0.344 e. The summed E-state index contributed by atoms with van der Waals surface area (Å²) in [6.07, 6.45) is 15.4. The first-order valence-corrected chi connectivity index (χ1v) is 10.5. The van der Waals surface area contributed by atoms with Crippen LogP contribution in [-0.4, -0.2) is 17.2 Å². The molecule has 0 aromatic rings. The molecule has 2 nitrogen and oxygen atoms in total. The van der Waals surface area contributed by atoms with Crippen LogP contribution in [0.15, 0.2) is 0 Å². The van der Waals surface area contributed by atoms with E-state index in [1.165, 1.54) is 51.4 Å². The van der Waals surface area contributed by atoms with Crippen LogP contribution in [0.1, 0.15) is 90.9 Å². The number of unbranched alkanes of at least 4 members (excludes halogenated alkanes) is 10. The van der Waals surface area contributed by atoms with Gasteiger partial charge in [0.25, 0.3) is 0 Å². The molecule has 0 radical (unpaired) electrons. The molecular weight excluding hydrogens is 291 g/mol. The molecule has 20 heavy (non-hydrogen) atoms. The first-order chi connectivity index (χ1) is 9.12. The maximum absolute atomic E-state index is 11.9. The molecule has 0 aromatic carbocycles. The summed E-state index contributed by atoms with van der Waals surface area (Å²) < 4.78 is 11.9. The van der Waals surface area contributed by atoms with Crippen molar-refractivity contribution in [2.24, 2.45) is 0 Å². The minimum absolute atomic E-state index is 0. The van der Waals surface area contributed by atoms with Crippen LogP contribution in [-0.2, 0) is 4.57 Å². The number of rotatable bonds is 14. The fraction of sp³-hybridized carbons (Fsp3) is 1.00. The van der Waals surface area contributed by atoms with Gasteiger partial charge in [-0.05, 0) is 12.8 Å². The van der Waals surface area contributed by atoms with E-state index in [2.05, 4.69) is 13.8 Å². The molecule has 0 aliphatic carbocycles. The third kappa shape index (κ3) is 16.5. The van der Waals surface area contributed by atoms with E-state index >= 15 is 0 Å². The van der Waals surface area contributed by atoms with Crippen LogP contribution in [0.4, 0.5) is 0 Å². The van der Waals surface area contributed by atoms with Crippen LogP contribution < -0.4 is 0 Å². The van der Waals surface area contributed by atoms with Crippen molar-refractivity contribution in [1.29, 1.82) is 0 Å². The number of halogens is 1. The maximum atomic E-state index is 11.9. The molecule has 0 aromatic heterocycles. The van der Waals surface area contributed by atoms with Crippen LogP contribution >= 0.6 is 19.8 Å². The van der Waals surface area contributed by atoms with E-state index in [-0.39, 0.29) is 12.4 Å². The zero-order chi connectivity index (χ0) is 14.4. The Morgan fingerprint density at radius 1 is 0.650 bits per heavy atom. The van der Waals surface area contributed by atoms with E-state index < -0.39 is 7.37 Å². The Hall–Kier alpha value is 0.480. The van der Waals surface area contributed by atoms with E-state index in [1.54, 1.807) is 0 Å². The highest BCUT2D eigenvalue weighted by Crippen LogP contribution is 2.42. The molecule has 0 fully saturated rings. The molecule has 0 aliphatic rings. The van der Waals surface area contributed by atoms with Gasteiger partial charge in [-0.1, -0.05) is 78.1 Å². The van der Waals surface area contributed by atoms with Gasteiger partial charge in [-0.3, -0.25) is 4.57 Å². The van der Waals surface area contributed by atoms with Crippen molar-refractivity contribution in [3.05, 3.63) is 0 Å². The summed E-state index contributed by atoms with van der Waals surface area (Å²) in [6, 6.07) is 0. The Morgan fingerprint density at radius 2 is 0.950 bits per heavy atom. The van der Waals surface area contributed by atoms with Gasteiger partial charge in [0.15, 0.2) is 0 Å². The van der Waals surface area contributed by atoms with Gasteiger partial charge in [0.1, 0.15) is 0 Å². The third-order valence-electron chi connectivity index (χ3n) is 3.72. The number of hydrogen-bond donors (Lipinski definition) is 1. The second kappa shape index (κ2) is 15.9. The lowest BCUT2D eigenvalue weighted by Gasteiger charge is -2.11. The fourth-order valence-corrected chi connectivity index (χ4v) is 4.05. The summed E-state index contributed by atoms with van der Waals surface area (Å²) in [6.45, 7) is 4.42. The average Bonchev–Trinajstić information content (AvgIpc) is 2.38. The number of hydrogen-bond acceptors (Lipinski definition) is 1. The van der Waals surface area contributed by atoms with Gasteiger partial charge in [-0.2, -0.15) is 0 Å². The maximum Gasteiger partial charge on any atom is 0.200 e. The molecule has 0 saturated heterocycles. The Labute approximate surface area is 133 Å². The summed E-state index contributed by atoms with van der Waals surface area (Å²) in [7, 11) is -2.80. The molecule has 124 valence electrons. The molecule has 0 amide bonds. The van der Waals surface area contributed by atoms with Gasteiger partial charge in [0, 0.05) is 12.3 Å². The van der Waals surface area contributed by atoms with E-state index in [0.29, 0.717) is 12.3 Å². The van der Waals surface area contributed by atoms with Crippen molar-refractivity contribution in [1.82, 2.24) is 0 Å². The molecule has 4 heteroatoms. The monoisotopic (exact) mass is 326 g/mol. The highest BCUT2D eigenvalue weighted by atomic mass is 35.5. The van der Waals surface area contributed by atoms with E-state index in [9.17, 15) is 9.46 Å². The molecule has 0 saturated carbocycles. The van der Waals surface area contributed by atoms with Gasteiger partial charge in [0.05, 0.1) is 0 Å². The molecule has 0 atom stereocenters. The predicted octanol–water partition coefficient (Wildman–Crippen LogP) is 6.40. The third-order valence-corrected chi connectivity index (χ3v) is 5.75. The first-order valence-electron chi connectivity index (χ1n) is 8.43. The molecule has 0 heterocycles. The van der Waals surface area contributed by atoms with Crippen molar-refractivity contribution in [2.75, 3.05) is 12.3 Å². The minimum Gasteiger partial charge on any atom is -0.344 e. The van der Waals surface area contributed by atoms with Crippen molar-refractivity contribution in [2.45, 2.75) is 90.9 Å². The average molecular weight is 327 g/mol. The zero-order valence-electron chi connectivity index (χ0n) is 13.6. The highest BCUT2D eigenvalue weighted by molar-refractivity contribution is 7.57. The summed E-state index contributed by atoms with van der Waals surface area (Å²) >= 11 is 0. The van der Waals surface area contributed by atoms with Crippen LogP contribution in [0.3, 0.4) is 0 Å². The minimum atomic E-state index is -2.80. The normalized spacial score (nSPS) is 11.3. The van der Waals surface area contributed by atoms with Crippen molar-refractivity contribution in [3.8, 4) is 0 Å². The van der Waals surface area contributed by atoms with Crippen molar-refractivity contribution >= 4 is 19.8 Å². The molecule has 0 unspecified atom stereocenters.